The van der Waals surface area contributed by atoms with Crippen LogP contribution < -0.4 is 4.90 Å². The van der Waals surface area contributed by atoms with Crippen LogP contribution in [0.25, 0.3) is 0 Å². The van der Waals surface area contributed by atoms with E-state index in [2.05, 4.69) is 33.5 Å². The van der Waals surface area contributed by atoms with Crippen LogP contribution in [0.2, 0.25) is 5.02 Å². The molecule has 1 aromatic heterocycles. The number of piperazine rings is 1. The second kappa shape index (κ2) is 10.4. The summed E-state index contributed by atoms with van der Waals surface area (Å²) in [5.41, 5.74) is 1.17. The first-order valence-electron chi connectivity index (χ1n) is 11.6. The molecule has 0 unspecified atom stereocenters. The highest BCUT2D eigenvalue weighted by molar-refractivity contribution is 6.30. The number of carbonyl (C=O) groups is 1. The van der Waals surface area contributed by atoms with Crippen molar-refractivity contribution < 1.29 is 13.9 Å². The van der Waals surface area contributed by atoms with Crippen LogP contribution >= 0.6 is 11.6 Å². The lowest BCUT2D eigenvalue weighted by molar-refractivity contribution is 0.0582. The van der Waals surface area contributed by atoms with Crippen molar-refractivity contribution in [3.05, 3.63) is 58.5 Å². The van der Waals surface area contributed by atoms with E-state index >= 15 is 0 Å². The molecule has 1 aromatic carbocycles. The zero-order valence-electron chi connectivity index (χ0n) is 19.5. The number of likely N-dealkylation sites (tertiary alicyclic amines) is 1. The number of esters is 1. The molecule has 6 nitrogen and oxygen atoms in total. The van der Waals surface area contributed by atoms with Gasteiger partial charge in [-0.1, -0.05) is 17.7 Å². The summed E-state index contributed by atoms with van der Waals surface area (Å²) < 4.78 is 18.9. The van der Waals surface area contributed by atoms with Crippen LogP contribution in [0.1, 0.15) is 42.6 Å². The van der Waals surface area contributed by atoms with Gasteiger partial charge in [-0.25, -0.2) is 14.2 Å². The van der Waals surface area contributed by atoms with E-state index in [4.69, 9.17) is 16.3 Å². The summed E-state index contributed by atoms with van der Waals surface area (Å²) in [5, 5.41) is 0.437. The molecule has 0 amide bonds. The van der Waals surface area contributed by atoms with E-state index in [0.717, 1.165) is 44.8 Å². The van der Waals surface area contributed by atoms with E-state index in [0.29, 0.717) is 40.8 Å². The lowest BCUT2D eigenvalue weighted by Gasteiger charge is -2.49. The fourth-order valence-corrected chi connectivity index (χ4v) is 5.23. The van der Waals surface area contributed by atoms with E-state index in [1.54, 1.807) is 24.4 Å². The summed E-state index contributed by atoms with van der Waals surface area (Å²) in [6, 6.07) is 9.87. The minimum atomic E-state index is -0.370. The number of carbonyl (C=O) groups excluding carboxylic acids is 1. The first-order chi connectivity index (χ1) is 15.9. The number of pyridine rings is 1. The van der Waals surface area contributed by atoms with Gasteiger partial charge in [-0.15, -0.1) is 0 Å². The zero-order valence-corrected chi connectivity index (χ0v) is 20.3. The zero-order chi connectivity index (χ0) is 23.5. The molecule has 0 aliphatic carbocycles. The highest BCUT2D eigenvalue weighted by Gasteiger charge is 2.35. The standard InChI is InChI=1S/C25H32ClFN4O2/c1-17-15-31(24-7-5-19(13-28-24)25(32)33-3)18(2)14-30(17)22-8-10-29(11-9-22)16-20-4-6-21(26)12-23(20)27/h4-7,12-13,17-18,22H,8-11,14-16H2,1-3H3/t17-,18+/m0/s1. The normalized spacial score (nSPS) is 23.0. The van der Waals surface area contributed by atoms with Gasteiger partial charge in [0.05, 0.1) is 12.7 Å². The van der Waals surface area contributed by atoms with Gasteiger partial charge in [-0.2, -0.15) is 0 Å². The molecular formula is C25H32ClFN4O2. The molecule has 2 atom stereocenters. The number of methoxy groups -OCH3 is 1. The Labute approximate surface area is 200 Å². The Morgan fingerprint density at radius 1 is 1.15 bits per heavy atom. The Hall–Kier alpha value is -2.22. The number of ether oxygens (including phenoxy) is 1. The number of hydrogen-bond acceptors (Lipinski definition) is 6. The van der Waals surface area contributed by atoms with Crippen molar-refractivity contribution >= 4 is 23.4 Å². The van der Waals surface area contributed by atoms with Crippen molar-refractivity contribution in [1.29, 1.82) is 0 Å². The maximum absolute atomic E-state index is 14.2. The van der Waals surface area contributed by atoms with Crippen LogP contribution in [-0.2, 0) is 11.3 Å². The molecule has 178 valence electrons. The largest absolute Gasteiger partial charge is 0.465 e. The fourth-order valence-electron chi connectivity index (χ4n) is 5.08. The molecule has 0 saturated carbocycles. The third-order valence-electron chi connectivity index (χ3n) is 6.93. The summed E-state index contributed by atoms with van der Waals surface area (Å²) in [5.74, 6) is 0.295. The molecule has 33 heavy (non-hydrogen) atoms. The molecule has 0 spiro atoms. The SMILES string of the molecule is COC(=O)c1ccc(N2C[C@H](C)N(C3CCN(Cc4ccc(Cl)cc4F)CC3)C[C@H]2C)nc1. The van der Waals surface area contributed by atoms with Crippen LogP contribution in [0.5, 0.6) is 0 Å². The average molecular weight is 475 g/mol. The molecule has 2 aromatic rings. The Morgan fingerprint density at radius 3 is 2.55 bits per heavy atom. The number of rotatable bonds is 5. The average Bonchev–Trinajstić information content (AvgIpc) is 2.82. The molecular weight excluding hydrogens is 443 g/mol. The minimum absolute atomic E-state index is 0.226. The molecule has 4 rings (SSSR count). The summed E-state index contributed by atoms with van der Waals surface area (Å²) in [6.45, 7) is 8.92. The lowest BCUT2D eigenvalue weighted by Crippen LogP contribution is -2.60. The molecule has 2 aliphatic rings. The number of aromatic nitrogens is 1. The van der Waals surface area contributed by atoms with Gasteiger partial charge >= 0.3 is 5.97 Å². The maximum Gasteiger partial charge on any atom is 0.339 e. The number of piperidine rings is 1. The third-order valence-corrected chi connectivity index (χ3v) is 7.17. The van der Waals surface area contributed by atoms with Gasteiger partial charge in [0, 0.05) is 54.5 Å². The van der Waals surface area contributed by atoms with Gasteiger partial charge in [-0.05, 0) is 64.0 Å². The summed E-state index contributed by atoms with van der Waals surface area (Å²) in [6.07, 6.45) is 3.75. The van der Waals surface area contributed by atoms with Crippen LogP contribution in [-0.4, -0.2) is 72.2 Å². The minimum Gasteiger partial charge on any atom is -0.465 e. The van der Waals surface area contributed by atoms with Gasteiger partial charge in [0.25, 0.3) is 0 Å². The molecule has 0 bridgehead atoms. The van der Waals surface area contributed by atoms with Crippen molar-refractivity contribution in [3.8, 4) is 0 Å². The molecule has 0 N–H and O–H groups in total. The first kappa shape index (κ1) is 23.9. The van der Waals surface area contributed by atoms with E-state index in [9.17, 15) is 9.18 Å². The number of benzene rings is 1. The van der Waals surface area contributed by atoms with Crippen LogP contribution in [0.3, 0.4) is 0 Å². The quantitative estimate of drug-likeness (QED) is 0.604. The van der Waals surface area contributed by atoms with E-state index in [1.807, 2.05) is 6.07 Å². The van der Waals surface area contributed by atoms with E-state index in [1.165, 1.54) is 13.2 Å². The van der Waals surface area contributed by atoms with Gasteiger partial charge in [0.15, 0.2) is 0 Å². The second-order valence-electron chi connectivity index (χ2n) is 9.19. The van der Waals surface area contributed by atoms with Crippen LogP contribution in [0.15, 0.2) is 36.5 Å². The molecule has 8 heteroatoms. The third kappa shape index (κ3) is 5.48. The highest BCUT2D eigenvalue weighted by Crippen LogP contribution is 2.28. The Morgan fingerprint density at radius 2 is 1.91 bits per heavy atom. The highest BCUT2D eigenvalue weighted by atomic mass is 35.5. The number of anilines is 1. The Balaban J connectivity index is 1.33. The Kier molecular flexibility index (Phi) is 7.51. The Bertz CT molecular complexity index is 965. The van der Waals surface area contributed by atoms with Crippen molar-refractivity contribution in [2.45, 2.75) is 51.4 Å². The molecule has 3 heterocycles. The molecule has 0 radical (unpaired) electrons. The van der Waals surface area contributed by atoms with Gasteiger partial charge in [-0.3, -0.25) is 9.80 Å². The van der Waals surface area contributed by atoms with Crippen molar-refractivity contribution in [2.24, 2.45) is 0 Å². The number of hydrogen-bond donors (Lipinski definition) is 0. The van der Waals surface area contributed by atoms with Gasteiger partial charge in [0.1, 0.15) is 11.6 Å². The molecule has 2 fully saturated rings. The summed E-state index contributed by atoms with van der Waals surface area (Å²) in [7, 11) is 1.37. The first-order valence-corrected chi connectivity index (χ1v) is 12.0. The fraction of sp³-hybridized carbons (Fsp3) is 0.520. The van der Waals surface area contributed by atoms with Crippen molar-refractivity contribution in [3.63, 3.8) is 0 Å². The van der Waals surface area contributed by atoms with Crippen molar-refractivity contribution in [1.82, 2.24) is 14.8 Å². The summed E-state index contributed by atoms with van der Waals surface area (Å²) >= 11 is 5.88. The van der Waals surface area contributed by atoms with Gasteiger partial charge < -0.3 is 9.64 Å². The topological polar surface area (TPSA) is 48.9 Å². The van der Waals surface area contributed by atoms with E-state index in [-0.39, 0.29) is 11.8 Å². The lowest BCUT2D eigenvalue weighted by atomic mass is 9.97. The number of halogens is 2. The summed E-state index contributed by atoms with van der Waals surface area (Å²) in [4.78, 5) is 23.5. The van der Waals surface area contributed by atoms with Crippen LogP contribution in [0, 0.1) is 5.82 Å². The second-order valence-corrected chi connectivity index (χ2v) is 9.62. The van der Waals surface area contributed by atoms with E-state index < -0.39 is 0 Å². The smallest absolute Gasteiger partial charge is 0.339 e. The molecule has 2 saturated heterocycles. The predicted octanol–water partition coefficient (Wildman–Crippen LogP) is 4.22. The van der Waals surface area contributed by atoms with Crippen LogP contribution in [0.4, 0.5) is 10.2 Å². The van der Waals surface area contributed by atoms with Gasteiger partial charge in [0.2, 0.25) is 0 Å². The monoisotopic (exact) mass is 474 g/mol. The molecule has 2 aliphatic heterocycles. The number of nitrogens with zero attached hydrogens (tertiary/aromatic N) is 4. The van der Waals surface area contributed by atoms with Crippen molar-refractivity contribution in [2.75, 3.05) is 38.2 Å². The maximum atomic E-state index is 14.2. The predicted molar refractivity (Wildman–Crippen MR) is 128 cm³/mol.